The van der Waals surface area contributed by atoms with Gasteiger partial charge in [-0.2, -0.15) is 0 Å². The monoisotopic (exact) mass is 690 g/mol. The van der Waals surface area contributed by atoms with E-state index in [4.69, 9.17) is 9.84 Å². The lowest BCUT2D eigenvalue weighted by Gasteiger charge is -2.20. The van der Waals surface area contributed by atoms with Crippen LogP contribution in [0, 0.1) is 7.14 Å². The van der Waals surface area contributed by atoms with E-state index < -0.39 is 5.97 Å². The average molecular weight is 690 g/mol. The smallest absolute Gasteiger partial charge is 0.335 e. The van der Waals surface area contributed by atoms with Crippen molar-refractivity contribution in [3.63, 3.8) is 0 Å². The molecule has 1 aliphatic rings. The molecule has 0 aromatic heterocycles. The first kappa shape index (κ1) is 26.0. The SMILES string of the molecule is CC(C)N=C1S/C(=C/c2cc(I)c(OCc3ccc(C(=O)O)cc3)c(I)c2)C(=O)N1C(C)C. The summed E-state index contributed by atoms with van der Waals surface area (Å²) >= 11 is 5.88. The molecule has 0 saturated carbocycles. The van der Waals surface area contributed by atoms with E-state index in [1.54, 1.807) is 29.2 Å². The molecule has 2 aromatic carbocycles. The first-order valence-electron chi connectivity index (χ1n) is 10.3. The number of nitrogens with zero attached hydrogens (tertiary/aromatic N) is 2. The average Bonchev–Trinajstić information content (AvgIpc) is 3.01. The Morgan fingerprint density at radius 3 is 2.27 bits per heavy atom. The van der Waals surface area contributed by atoms with Gasteiger partial charge in [-0.15, -0.1) is 0 Å². The Balaban J connectivity index is 1.80. The van der Waals surface area contributed by atoms with Gasteiger partial charge < -0.3 is 9.84 Å². The molecule has 174 valence electrons. The fourth-order valence-electron chi connectivity index (χ4n) is 3.10. The van der Waals surface area contributed by atoms with Gasteiger partial charge in [0.1, 0.15) is 12.4 Å². The number of benzene rings is 2. The Morgan fingerprint density at radius 1 is 1.15 bits per heavy atom. The first-order chi connectivity index (χ1) is 15.6. The minimum absolute atomic E-state index is 0.0236. The molecule has 0 aliphatic carbocycles. The second-order valence-corrected chi connectivity index (χ2v) is 11.3. The third-order valence-corrected chi connectivity index (χ3v) is 7.22. The van der Waals surface area contributed by atoms with Crippen LogP contribution >= 0.6 is 56.9 Å². The molecule has 0 bridgehead atoms. The normalized spacial score (nSPS) is 16.5. The number of halogens is 2. The summed E-state index contributed by atoms with van der Waals surface area (Å²) in [5, 5.41) is 9.77. The van der Waals surface area contributed by atoms with Gasteiger partial charge in [0.15, 0.2) is 5.17 Å². The summed E-state index contributed by atoms with van der Waals surface area (Å²) in [4.78, 5) is 31.0. The number of thioether (sulfide) groups is 1. The van der Waals surface area contributed by atoms with Gasteiger partial charge in [-0.05, 0) is 126 Å². The van der Waals surface area contributed by atoms with Gasteiger partial charge in [-0.25, -0.2) is 4.79 Å². The van der Waals surface area contributed by atoms with Crippen LogP contribution in [-0.4, -0.2) is 39.1 Å². The van der Waals surface area contributed by atoms with Crippen molar-refractivity contribution < 1.29 is 19.4 Å². The van der Waals surface area contributed by atoms with Crippen LogP contribution in [0.25, 0.3) is 6.08 Å². The molecule has 1 heterocycles. The lowest BCUT2D eigenvalue weighted by molar-refractivity contribution is -0.123. The summed E-state index contributed by atoms with van der Waals surface area (Å²) in [6.45, 7) is 8.32. The summed E-state index contributed by atoms with van der Waals surface area (Å²) in [6, 6.07) is 10.8. The number of rotatable bonds is 7. The van der Waals surface area contributed by atoms with Crippen LogP contribution < -0.4 is 4.74 Å². The number of carbonyl (C=O) groups is 2. The van der Waals surface area contributed by atoms with Crippen molar-refractivity contribution in [1.82, 2.24) is 4.90 Å². The molecule has 1 aliphatic heterocycles. The van der Waals surface area contributed by atoms with E-state index in [0.29, 0.717) is 11.5 Å². The van der Waals surface area contributed by atoms with Gasteiger partial charge in [0, 0.05) is 12.1 Å². The predicted molar refractivity (Wildman–Crippen MR) is 150 cm³/mol. The third kappa shape index (κ3) is 6.50. The number of carbonyl (C=O) groups excluding carboxylic acids is 1. The maximum Gasteiger partial charge on any atom is 0.335 e. The van der Waals surface area contributed by atoms with Crippen molar-refractivity contribution in [2.75, 3.05) is 0 Å². The largest absolute Gasteiger partial charge is 0.487 e. The Kier molecular flexibility index (Phi) is 8.84. The first-order valence-corrected chi connectivity index (χ1v) is 13.3. The molecule has 3 rings (SSSR count). The van der Waals surface area contributed by atoms with E-state index >= 15 is 0 Å². The number of aliphatic imine (C=N–C) groups is 1. The Morgan fingerprint density at radius 2 is 1.76 bits per heavy atom. The summed E-state index contributed by atoms with van der Waals surface area (Å²) in [5.74, 6) is -0.212. The summed E-state index contributed by atoms with van der Waals surface area (Å²) in [6.07, 6.45) is 1.91. The minimum atomic E-state index is -0.950. The Labute approximate surface area is 225 Å². The van der Waals surface area contributed by atoms with Crippen molar-refractivity contribution in [2.45, 2.75) is 46.4 Å². The number of carboxylic acids is 1. The van der Waals surface area contributed by atoms with Crippen molar-refractivity contribution in [2.24, 2.45) is 4.99 Å². The molecule has 1 amide bonds. The molecule has 0 radical (unpaired) electrons. The second kappa shape index (κ2) is 11.2. The molecular formula is C24H24I2N2O4S. The number of ether oxygens (including phenoxy) is 1. The van der Waals surface area contributed by atoms with Crippen LogP contribution in [0.2, 0.25) is 0 Å². The maximum atomic E-state index is 13.0. The molecule has 1 N–H and O–H groups in total. The molecule has 0 spiro atoms. The third-order valence-electron chi connectivity index (χ3n) is 4.62. The fraction of sp³-hybridized carbons (Fsp3) is 0.292. The topological polar surface area (TPSA) is 79.2 Å². The van der Waals surface area contributed by atoms with E-state index in [2.05, 4.69) is 50.2 Å². The molecule has 9 heteroatoms. The number of carboxylic acid groups (broad SMARTS) is 1. The zero-order chi connectivity index (χ0) is 24.3. The van der Waals surface area contributed by atoms with Crippen LogP contribution in [0.15, 0.2) is 46.3 Å². The summed E-state index contributed by atoms with van der Waals surface area (Å²) in [5.41, 5.74) is 2.06. The van der Waals surface area contributed by atoms with Gasteiger partial charge >= 0.3 is 5.97 Å². The molecule has 2 aromatic rings. The summed E-state index contributed by atoms with van der Waals surface area (Å²) < 4.78 is 7.89. The number of hydrogen-bond donors (Lipinski definition) is 1. The quantitative estimate of drug-likeness (QED) is 0.274. The van der Waals surface area contributed by atoms with Gasteiger partial charge in [0.2, 0.25) is 0 Å². The Hall–Kier alpha value is -1.60. The fourth-order valence-corrected chi connectivity index (χ4v) is 6.46. The highest BCUT2D eigenvalue weighted by atomic mass is 127. The van der Waals surface area contributed by atoms with Crippen LogP contribution in [0.1, 0.15) is 49.2 Å². The van der Waals surface area contributed by atoms with Gasteiger partial charge in [-0.1, -0.05) is 12.1 Å². The molecule has 0 atom stereocenters. The molecule has 0 unspecified atom stereocenters. The van der Waals surface area contributed by atoms with E-state index in [9.17, 15) is 9.59 Å². The number of amidine groups is 1. The highest BCUT2D eigenvalue weighted by molar-refractivity contribution is 14.1. The minimum Gasteiger partial charge on any atom is -0.487 e. The van der Waals surface area contributed by atoms with Crippen LogP contribution in [-0.2, 0) is 11.4 Å². The summed E-state index contributed by atoms with van der Waals surface area (Å²) in [7, 11) is 0. The zero-order valence-electron chi connectivity index (χ0n) is 18.6. The van der Waals surface area contributed by atoms with Gasteiger partial charge in [0.25, 0.3) is 5.91 Å². The molecule has 33 heavy (non-hydrogen) atoms. The highest BCUT2D eigenvalue weighted by Gasteiger charge is 2.35. The van der Waals surface area contributed by atoms with Crippen LogP contribution in [0.3, 0.4) is 0 Å². The highest BCUT2D eigenvalue weighted by Crippen LogP contribution is 2.36. The van der Waals surface area contributed by atoms with E-state index in [1.807, 2.05) is 45.9 Å². The van der Waals surface area contributed by atoms with Crippen molar-refractivity contribution in [3.05, 3.63) is 65.1 Å². The van der Waals surface area contributed by atoms with Gasteiger partial charge in [-0.3, -0.25) is 14.7 Å². The van der Waals surface area contributed by atoms with Crippen LogP contribution in [0.4, 0.5) is 0 Å². The van der Waals surface area contributed by atoms with Crippen molar-refractivity contribution in [3.8, 4) is 5.75 Å². The maximum absolute atomic E-state index is 13.0. The zero-order valence-corrected chi connectivity index (χ0v) is 23.8. The molecular weight excluding hydrogens is 666 g/mol. The van der Waals surface area contributed by atoms with Crippen LogP contribution in [0.5, 0.6) is 5.75 Å². The number of hydrogen-bond acceptors (Lipinski definition) is 5. The molecule has 1 saturated heterocycles. The second-order valence-electron chi connectivity index (χ2n) is 7.99. The van der Waals surface area contributed by atoms with E-state index in [1.165, 1.54) is 11.8 Å². The standard InChI is InChI=1S/C24H24I2N2O4S/c1-13(2)27-24-28(14(3)4)22(29)20(33-24)11-16-9-18(25)21(19(26)10-16)32-12-15-5-7-17(8-6-15)23(30)31/h5-11,13-14H,12H2,1-4H3,(H,30,31)/b20-11+,27-24?. The van der Waals surface area contributed by atoms with E-state index in [0.717, 1.165) is 29.2 Å². The lowest BCUT2D eigenvalue weighted by atomic mass is 10.1. The molecule has 1 fully saturated rings. The number of amides is 1. The van der Waals surface area contributed by atoms with Crippen molar-refractivity contribution >= 4 is 80.1 Å². The van der Waals surface area contributed by atoms with Crippen molar-refractivity contribution in [1.29, 1.82) is 0 Å². The van der Waals surface area contributed by atoms with E-state index in [-0.39, 0.29) is 23.6 Å². The number of aromatic carboxylic acids is 1. The molecule has 6 nitrogen and oxygen atoms in total. The lowest BCUT2D eigenvalue weighted by Crippen LogP contribution is -2.35. The predicted octanol–water partition coefficient (Wildman–Crippen LogP) is 6.26. The Bertz CT molecular complexity index is 1100. The van der Waals surface area contributed by atoms with Gasteiger partial charge in [0.05, 0.1) is 17.6 Å².